The fourth-order valence-corrected chi connectivity index (χ4v) is 2.54. The molecule has 0 aromatic heterocycles. The maximum atomic E-state index is 8.58. The second kappa shape index (κ2) is 8.21. The minimum Gasteiger partial charge on any atom is -0.493 e. The molecule has 0 aliphatic heterocycles. The third kappa shape index (κ3) is 5.04. The summed E-state index contributed by atoms with van der Waals surface area (Å²) in [6.45, 7) is 0.653. The van der Waals surface area contributed by atoms with Crippen LogP contribution >= 0.6 is 11.8 Å². The standard InChI is InChI=1S/C16H18N2O2S/c17-16(18-19)14-6-8-15(9-7-14)20-10-11-21-12-13-4-2-1-3-5-13/h1-9,19H,10-12H2,(H2,17,18). The van der Waals surface area contributed by atoms with Gasteiger partial charge in [-0.1, -0.05) is 35.5 Å². The van der Waals surface area contributed by atoms with Crippen molar-refractivity contribution in [1.29, 1.82) is 0 Å². The fourth-order valence-electron chi connectivity index (χ4n) is 1.76. The largest absolute Gasteiger partial charge is 0.493 e. The molecule has 0 spiro atoms. The zero-order valence-electron chi connectivity index (χ0n) is 11.6. The molecule has 2 rings (SSSR count). The van der Waals surface area contributed by atoms with Crippen LogP contribution in [-0.4, -0.2) is 23.4 Å². The Kier molecular flexibility index (Phi) is 5.97. The van der Waals surface area contributed by atoms with Crippen LogP contribution in [0, 0.1) is 0 Å². The van der Waals surface area contributed by atoms with Crippen molar-refractivity contribution < 1.29 is 9.94 Å². The van der Waals surface area contributed by atoms with Crippen molar-refractivity contribution in [2.24, 2.45) is 10.9 Å². The first kappa shape index (κ1) is 15.3. The first-order valence-electron chi connectivity index (χ1n) is 6.62. The lowest BCUT2D eigenvalue weighted by atomic mass is 10.2. The molecule has 0 unspecified atom stereocenters. The Morgan fingerprint density at radius 3 is 2.48 bits per heavy atom. The maximum absolute atomic E-state index is 8.58. The normalized spacial score (nSPS) is 11.3. The third-order valence-corrected chi connectivity index (χ3v) is 3.86. The Labute approximate surface area is 128 Å². The average Bonchev–Trinajstić information content (AvgIpc) is 2.55. The number of benzene rings is 2. The number of thioether (sulfide) groups is 1. The van der Waals surface area contributed by atoms with Crippen molar-refractivity contribution in [2.75, 3.05) is 12.4 Å². The lowest BCUT2D eigenvalue weighted by Gasteiger charge is -2.07. The van der Waals surface area contributed by atoms with Gasteiger partial charge in [-0.2, -0.15) is 11.8 Å². The summed E-state index contributed by atoms with van der Waals surface area (Å²) >= 11 is 1.84. The van der Waals surface area contributed by atoms with Gasteiger partial charge in [-0.25, -0.2) is 0 Å². The minimum atomic E-state index is 0.0972. The molecular weight excluding hydrogens is 284 g/mol. The number of oxime groups is 1. The summed E-state index contributed by atoms with van der Waals surface area (Å²) in [4.78, 5) is 0. The van der Waals surface area contributed by atoms with Crippen LogP contribution in [0.3, 0.4) is 0 Å². The quantitative estimate of drug-likeness (QED) is 0.271. The zero-order valence-corrected chi connectivity index (χ0v) is 12.4. The highest BCUT2D eigenvalue weighted by Gasteiger charge is 2.00. The predicted molar refractivity (Wildman–Crippen MR) is 87.1 cm³/mol. The molecule has 0 bridgehead atoms. The molecule has 21 heavy (non-hydrogen) atoms. The van der Waals surface area contributed by atoms with E-state index in [1.807, 2.05) is 30.0 Å². The summed E-state index contributed by atoms with van der Waals surface area (Å²) in [5, 5.41) is 11.5. The molecule has 0 amide bonds. The molecule has 0 aliphatic carbocycles. The summed E-state index contributed by atoms with van der Waals surface area (Å²) in [5.41, 5.74) is 7.49. The zero-order chi connectivity index (χ0) is 14.9. The first-order chi connectivity index (χ1) is 10.3. The van der Waals surface area contributed by atoms with Crippen molar-refractivity contribution in [2.45, 2.75) is 5.75 Å². The molecule has 0 saturated carbocycles. The van der Waals surface area contributed by atoms with Crippen LogP contribution < -0.4 is 10.5 Å². The molecule has 0 radical (unpaired) electrons. The van der Waals surface area contributed by atoms with Crippen LogP contribution in [-0.2, 0) is 5.75 Å². The van der Waals surface area contributed by atoms with Gasteiger partial charge < -0.3 is 15.7 Å². The Bertz CT molecular complexity index is 571. The molecule has 4 nitrogen and oxygen atoms in total. The Morgan fingerprint density at radius 2 is 1.81 bits per heavy atom. The number of rotatable bonds is 7. The van der Waals surface area contributed by atoms with E-state index >= 15 is 0 Å². The molecule has 0 atom stereocenters. The average molecular weight is 302 g/mol. The van der Waals surface area contributed by atoms with Crippen LogP contribution in [0.15, 0.2) is 59.8 Å². The highest BCUT2D eigenvalue weighted by Crippen LogP contribution is 2.14. The van der Waals surface area contributed by atoms with Gasteiger partial charge in [-0.15, -0.1) is 0 Å². The molecule has 5 heteroatoms. The van der Waals surface area contributed by atoms with Crippen molar-refractivity contribution >= 4 is 17.6 Å². The minimum absolute atomic E-state index is 0.0972. The van der Waals surface area contributed by atoms with Crippen molar-refractivity contribution in [3.05, 3.63) is 65.7 Å². The number of nitrogens with two attached hydrogens (primary N) is 1. The molecule has 3 N–H and O–H groups in total. The van der Waals surface area contributed by atoms with E-state index in [0.717, 1.165) is 17.3 Å². The predicted octanol–water partition coefficient (Wildman–Crippen LogP) is 3.09. The van der Waals surface area contributed by atoms with E-state index in [9.17, 15) is 0 Å². The van der Waals surface area contributed by atoms with E-state index in [0.29, 0.717) is 12.2 Å². The van der Waals surface area contributed by atoms with Crippen LogP contribution in [0.5, 0.6) is 5.75 Å². The maximum Gasteiger partial charge on any atom is 0.170 e. The van der Waals surface area contributed by atoms with E-state index in [2.05, 4.69) is 29.4 Å². The van der Waals surface area contributed by atoms with E-state index in [1.165, 1.54) is 5.56 Å². The lowest BCUT2D eigenvalue weighted by molar-refractivity contribution is 0.318. The highest BCUT2D eigenvalue weighted by molar-refractivity contribution is 7.98. The van der Waals surface area contributed by atoms with E-state index in [-0.39, 0.29) is 5.84 Å². The van der Waals surface area contributed by atoms with E-state index < -0.39 is 0 Å². The van der Waals surface area contributed by atoms with Gasteiger partial charge in [0.25, 0.3) is 0 Å². The van der Waals surface area contributed by atoms with Crippen LogP contribution in [0.1, 0.15) is 11.1 Å². The Hall–Kier alpha value is -2.14. The number of amidine groups is 1. The molecule has 2 aromatic rings. The molecule has 0 fully saturated rings. The highest BCUT2D eigenvalue weighted by atomic mass is 32.2. The lowest BCUT2D eigenvalue weighted by Crippen LogP contribution is -2.12. The van der Waals surface area contributed by atoms with Gasteiger partial charge in [-0.05, 0) is 29.8 Å². The van der Waals surface area contributed by atoms with Crippen LogP contribution in [0.25, 0.3) is 0 Å². The van der Waals surface area contributed by atoms with Gasteiger partial charge in [-0.3, -0.25) is 0 Å². The van der Waals surface area contributed by atoms with Gasteiger partial charge >= 0.3 is 0 Å². The summed E-state index contributed by atoms with van der Waals surface area (Å²) < 4.78 is 5.65. The third-order valence-electron chi connectivity index (χ3n) is 2.87. The monoisotopic (exact) mass is 302 g/mol. The van der Waals surface area contributed by atoms with Crippen LogP contribution in [0.2, 0.25) is 0 Å². The van der Waals surface area contributed by atoms with Gasteiger partial charge in [0, 0.05) is 17.1 Å². The fraction of sp³-hybridized carbons (Fsp3) is 0.188. The summed E-state index contributed by atoms with van der Waals surface area (Å²) in [7, 11) is 0. The number of hydrogen-bond donors (Lipinski definition) is 2. The van der Waals surface area contributed by atoms with Crippen molar-refractivity contribution in [3.63, 3.8) is 0 Å². The summed E-state index contributed by atoms with van der Waals surface area (Å²) in [6.07, 6.45) is 0. The summed E-state index contributed by atoms with van der Waals surface area (Å²) in [5.74, 6) is 2.80. The van der Waals surface area contributed by atoms with Gasteiger partial charge in [0.05, 0.1) is 6.61 Å². The Balaban J connectivity index is 1.69. The van der Waals surface area contributed by atoms with Crippen molar-refractivity contribution in [3.8, 4) is 5.75 Å². The number of hydrogen-bond acceptors (Lipinski definition) is 4. The molecular formula is C16H18N2O2S. The van der Waals surface area contributed by atoms with Gasteiger partial charge in [0.2, 0.25) is 0 Å². The molecule has 0 aliphatic rings. The van der Waals surface area contributed by atoms with Gasteiger partial charge in [0.1, 0.15) is 5.75 Å². The van der Waals surface area contributed by atoms with E-state index in [1.54, 1.807) is 12.1 Å². The van der Waals surface area contributed by atoms with E-state index in [4.69, 9.17) is 15.7 Å². The Morgan fingerprint density at radius 1 is 1.10 bits per heavy atom. The van der Waals surface area contributed by atoms with Gasteiger partial charge in [0.15, 0.2) is 5.84 Å². The molecule has 2 aromatic carbocycles. The van der Waals surface area contributed by atoms with Crippen LogP contribution in [0.4, 0.5) is 0 Å². The second-order valence-corrected chi connectivity index (χ2v) is 5.50. The molecule has 0 saturated heterocycles. The number of ether oxygens (including phenoxy) is 1. The molecule has 110 valence electrons. The first-order valence-corrected chi connectivity index (χ1v) is 7.77. The second-order valence-electron chi connectivity index (χ2n) is 4.40. The SMILES string of the molecule is N/C(=N/O)c1ccc(OCCSCc2ccccc2)cc1. The number of nitrogens with zero attached hydrogens (tertiary/aromatic N) is 1. The summed E-state index contributed by atoms with van der Waals surface area (Å²) in [6, 6.07) is 17.5. The smallest absolute Gasteiger partial charge is 0.170 e. The van der Waals surface area contributed by atoms with Crippen molar-refractivity contribution in [1.82, 2.24) is 0 Å². The molecule has 0 heterocycles. The topological polar surface area (TPSA) is 67.8 Å².